The number of aliphatic imine (C=N–C) groups is 1. The van der Waals surface area contributed by atoms with Crippen LogP contribution in [0.1, 0.15) is 37.8 Å². The van der Waals surface area contributed by atoms with Crippen LogP contribution in [0.25, 0.3) is 0 Å². The minimum absolute atomic E-state index is 0.551. The Hall–Kier alpha value is -1.75. The van der Waals surface area contributed by atoms with E-state index >= 15 is 0 Å². The van der Waals surface area contributed by atoms with Crippen molar-refractivity contribution in [2.45, 2.75) is 40.2 Å². The average molecular weight is 335 g/mol. The van der Waals surface area contributed by atoms with E-state index in [2.05, 4.69) is 54.6 Å². The number of nitrogens with zero attached hydrogens (tertiary/aromatic N) is 1. The van der Waals surface area contributed by atoms with Crippen LogP contribution in [0.4, 0.5) is 0 Å². The summed E-state index contributed by atoms with van der Waals surface area (Å²) in [5.74, 6) is 2.46. The molecule has 0 spiro atoms. The molecule has 0 aliphatic heterocycles. The van der Waals surface area contributed by atoms with Gasteiger partial charge in [0, 0.05) is 32.8 Å². The molecule has 5 heteroatoms. The monoisotopic (exact) mass is 335 g/mol. The molecular weight excluding hydrogens is 302 g/mol. The fraction of sp³-hybridized carbons (Fsp3) is 0.632. The Morgan fingerprint density at radius 3 is 2.67 bits per heavy atom. The molecule has 0 atom stereocenters. The van der Waals surface area contributed by atoms with Gasteiger partial charge in [-0.1, -0.05) is 26.0 Å². The van der Waals surface area contributed by atoms with Crippen molar-refractivity contribution in [2.24, 2.45) is 10.9 Å². The van der Waals surface area contributed by atoms with E-state index in [9.17, 15) is 0 Å². The van der Waals surface area contributed by atoms with Crippen molar-refractivity contribution >= 4 is 5.96 Å². The van der Waals surface area contributed by atoms with Crippen LogP contribution in [0.5, 0.6) is 5.75 Å². The van der Waals surface area contributed by atoms with Gasteiger partial charge in [0.15, 0.2) is 5.96 Å². The van der Waals surface area contributed by atoms with Gasteiger partial charge in [0.1, 0.15) is 12.4 Å². The van der Waals surface area contributed by atoms with Gasteiger partial charge in [-0.2, -0.15) is 0 Å². The van der Waals surface area contributed by atoms with E-state index in [0.717, 1.165) is 36.2 Å². The van der Waals surface area contributed by atoms with Crippen LogP contribution < -0.4 is 15.4 Å². The molecule has 0 aliphatic rings. The van der Waals surface area contributed by atoms with Crippen molar-refractivity contribution in [3.63, 3.8) is 0 Å². The maximum atomic E-state index is 5.82. The van der Waals surface area contributed by atoms with Crippen molar-refractivity contribution in [1.82, 2.24) is 10.6 Å². The van der Waals surface area contributed by atoms with Crippen molar-refractivity contribution < 1.29 is 9.47 Å². The average Bonchev–Trinajstić information content (AvgIpc) is 2.55. The molecule has 0 fully saturated rings. The zero-order valence-corrected chi connectivity index (χ0v) is 15.8. The highest BCUT2D eigenvalue weighted by Crippen LogP contribution is 2.20. The van der Waals surface area contributed by atoms with Crippen LogP contribution in [0.3, 0.4) is 0 Å². The third-order valence-electron chi connectivity index (χ3n) is 3.69. The molecule has 2 N–H and O–H groups in total. The molecule has 0 aliphatic carbocycles. The summed E-state index contributed by atoms with van der Waals surface area (Å²) in [5.41, 5.74) is 2.30. The Bertz CT molecular complexity index is 501. The van der Waals surface area contributed by atoms with E-state index in [-0.39, 0.29) is 0 Å². The van der Waals surface area contributed by atoms with Gasteiger partial charge < -0.3 is 20.1 Å². The Morgan fingerprint density at radius 1 is 1.21 bits per heavy atom. The topological polar surface area (TPSA) is 54.9 Å². The minimum Gasteiger partial charge on any atom is -0.491 e. The lowest BCUT2D eigenvalue weighted by Crippen LogP contribution is -2.37. The number of guanidine groups is 1. The minimum atomic E-state index is 0.551. The molecule has 0 saturated heterocycles. The number of ether oxygens (including phenoxy) is 2. The molecule has 0 saturated carbocycles. The Balaban J connectivity index is 2.51. The highest BCUT2D eigenvalue weighted by molar-refractivity contribution is 5.79. The number of nitrogens with one attached hydrogen (secondary N) is 2. The maximum Gasteiger partial charge on any atom is 0.191 e. The highest BCUT2D eigenvalue weighted by atomic mass is 16.5. The first-order valence-corrected chi connectivity index (χ1v) is 8.72. The lowest BCUT2D eigenvalue weighted by atomic mass is 10.1. The summed E-state index contributed by atoms with van der Waals surface area (Å²) in [7, 11) is 3.47. The second kappa shape index (κ2) is 11.7. The van der Waals surface area contributed by atoms with Crippen LogP contribution in [0.15, 0.2) is 23.2 Å². The van der Waals surface area contributed by atoms with E-state index in [0.29, 0.717) is 19.8 Å². The standard InChI is InChI=1S/C19H33N3O2/c1-15(2)7-6-10-21-19(20-4)22-14-17-9-8-16(3)13-18(17)24-12-11-23-5/h8-9,13,15H,6-7,10-12,14H2,1-5H3,(H2,20,21,22). The van der Waals surface area contributed by atoms with Gasteiger partial charge in [-0.05, 0) is 37.3 Å². The third-order valence-corrected chi connectivity index (χ3v) is 3.69. The summed E-state index contributed by atoms with van der Waals surface area (Å²) in [6.07, 6.45) is 2.37. The first-order valence-electron chi connectivity index (χ1n) is 8.72. The molecule has 0 heterocycles. The third kappa shape index (κ3) is 8.20. The molecule has 1 aromatic rings. The van der Waals surface area contributed by atoms with Crippen molar-refractivity contribution in [1.29, 1.82) is 0 Å². The number of methoxy groups -OCH3 is 1. The van der Waals surface area contributed by atoms with Crippen LogP contribution in [-0.2, 0) is 11.3 Å². The van der Waals surface area contributed by atoms with Gasteiger partial charge >= 0.3 is 0 Å². The molecule has 5 nitrogen and oxygen atoms in total. The molecule has 0 radical (unpaired) electrons. The van der Waals surface area contributed by atoms with E-state index < -0.39 is 0 Å². The van der Waals surface area contributed by atoms with Crippen molar-refractivity contribution in [3.8, 4) is 5.75 Å². The second-order valence-electron chi connectivity index (χ2n) is 6.34. The van der Waals surface area contributed by atoms with Crippen LogP contribution in [0, 0.1) is 12.8 Å². The van der Waals surface area contributed by atoms with Gasteiger partial charge in [-0.3, -0.25) is 4.99 Å². The summed E-state index contributed by atoms with van der Waals surface area (Å²) < 4.78 is 10.9. The van der Waals surface area contributed by atoms with Crippen LogP contribution >= 0.6 is 0 Å². The van der Waals surface area contributed by atoms with E-state index in [1.54, 1.807) is 14.2 Å². The summed E-state index contributed by atoms with van der Waals surface area (Å²) >= 11 is 0. The molecule has 0 bridgehead atoms. The Morgan fingerprint density at radius 2 is 2.00 bits per heavy atom. The van der Waals surface area contributed by atoms with Crippen molar-refractivity contribution in [3.05, 3.63) is 29.3 Å². The molecule has 0 aromatic heterocycles. The lowest BCUT2D eigenvalue weighted by molar-refractivity contribution is 0.145. The van der Waals surface area contributed by atoms with Gasteiger partial charge in [-0.25, -0.2) is 0 Å². The number of hydrogen-bond donors (Lipinski definition) is 2. The number of aryl methyl sites for hydroxylation is 1. The number of hydrogen-bond acceptors (Lipinski definition) is 3. The molecule has 1 rings (SSSR count). The van der Waals surface area contributed by atoms with Crippen LogP contribution in [0.2, 0.25) is 0 Å². The van der Waals surface area contributed by atoms with E-state index in [4.69, 9.17) is 9.47 Å². The SMILES string of the molecule is CN=C(NCCCC(C)C)NCc1ccc(C)cc1OCCOC. The van der Waals surface area contributed by atoms with Gasteiger partial charge in [0.2, 0.25) is 0 Å². The molecule has 0 amide bonds. The first kappa shape index (κ1) is 20.3. The Kier molecular flexibility index (Phi) is 9.92. The lowest BCUT2D eigenvalue weighted by Gasteiger charge is -2.15. The fourth-order valence-corrected chi connectivity index (χ4v) is 2.29. The maximum absolute atomic E-state index is 5.82. The number of benzene rings is 1. The zero-order chi connectivity index (χ0) is 17.8. The molecule has 0 unspecified atom stereocenters. The second-order valence-corrected chi connectivity index (χ2v) is 6.34. The largest absolute Gasteiger partial charge is 0.491 e. The molecule has 1 aromatic carbocycles. The fourth-order valence-electron chi connectivity index (χ4n) is 2.29. The quantitative estimate of drug-likeness (QED) is 0.392. The van der Waals surface area contributed by atoms with Gasteiger partial charge in [0.25, 0.3) is 0 Å². The first-order chi connectivity index (χ1) is 11.6. The summed E-state index contributed by atoms with van der Waals surface area (Å²) in [6.45, 7) is 9.30. The van der Waals surface area contributed by atoms with Gasteiger partial charge in [-0.15, -0.1) is 0 Å². The molecular formula is C19H33N3O2. The summed E-state index contributed by atoms with van der Waals surface area (Å²) in [4.78, 5) is 4.28. The predicted molar refractivity (Wildman–Crippen MR) is 101 cm³/mol. The van der Waals surface area contributed by atoms with Gasteiger partial charge in [0.05, 0.1) is 6.61 Å². The smallest absolute Gasteiger partial charge is 0.191 e. The Labute approximate surface area is 146 Å². The normalized spacial score (nSPS) is 11.7. The number of rotatable bonds is 10. The summed E-state index contributed by atoms with van der Waals surface area (Å²) in [6, 6.07) is 6.25. The molecule has 24 heavy (non-hydrogen) atoms. The van der Waals surface area contributed by atoms with Crippen LogP contribution in [-0.4, -0.2) is 39.9 Å². The molecule has 136 valence electrons. The van der Waals surface area contributed by atoms with Crippen molar-refractivity contribution in [2.75, 3.05) is 33.9 Å². The van der Waals surface area contributed by atoms with E-state index in [1.165, 1.54) is 12.0 Å². The predicted octanol–water partition coefficient (Wildman–Crippen LogP) is 3.12. The highest BCUT2D eigenvalue weighted by Gasteiger charge is 2.06. The van der Waals surface area contributed by atoms with E-state index in [1.807, 2.05) is 0 Å². The summed E-state index contributed by atoms with van der Waals surface area (Å²) in [5, 5.41) is 6.71. The zero-order valence-electron chi connectivity index (χ0n) is 15.8.